The van der Waals surface area contributed by atoms with E-state index in [2.05, 4.69) is 48.7 Å². The summed E-state index contributed by atoms with van der Waals surface area (Å²) in [6, 6.07) is 8.97. The molecule has 154 valence electrons. The Balaban J connectivity index is 1.59. The van der Waals surface area contributed by atoms with Gasteiger partial charge in [-0.25, -0.2) is 4.98 Å². The van der Waals surface area contributed by atoms with Gasteiger partial charge in [0.25, 0.3) is 0 Å². The summed E-state index contributed by atoms with van der Waals surface area (Å²) in [5.74, 6) is 1.17. The van der Waals surface area contributed by atoms with Crippen molar-refractivity contribution < 1.29 is 9.47 Å². The number of hydrogen-bond acceptors (Lipinski definition) is 7. The van der Waals surface area contributed by atoms with E-state index in [1.165, 1.54) is 37.1 Å². The lowest BCUT2D eigenvalue weighted by atomic mass is 10.1. The highest BCUT2D eigenvalue weighted by Gasteiger charge is 2.16. The molecule has 1 saturated heterocycles. The summed E-state index contributed by atoms with van der Waals surface area (Å²) in [4.78, 5) is 15.9. The Kier molecular flexibility index (Phi) is 5.92. The molecule has 4 rings (SSSR count). The van der Waals surface area contributed by atoms with Crippen molar-refractivity contribution in [3.8, 4) is 6.01 Å². The molecule has 0 spiro atoms. The molecule has 2 N–H and O–H groups in total. The van der Waals surface area contributed by atoms with E-state index in [4.69, 9.17) is 15.2 Å². The second kappa shape index (κ2) is 8.75. The van der Waals surface area contributed by atoms with Crippen LogP contribution in [0.3, 0.4) is 0 Å². The maximum absolute atomic E-state index is 6.11. The van der Waals surface area contributed by atoms with Gasteiger partial charge in [0.2, 0.25) is 0 Å². The fraction of sp³-hybridized carbons (Fsp3) is 0.476. The molecule has 2 aromatic heterocycles. The lowest BCUT2D eigenvalue weighted by Gasteiger charge is -2.15. The van der Waals surface area contributed by atoms with Gasteiger partial charge in [-0.05, 0) is 44.0 Å². The van der Waals surface area contributed by atoms with Crippen LogP contribution in [0.25, 0.3) is 11.2 Å². The van der Waals surface area contributed by atoms with Gasteiger partial charge in [0, 0.05) is 13.7 Å². The normalized spacial score (nSPS) is 14.7. The summed E-state index contributed by atoms with van der Waals surface area (Å²) in [5.41, 5.74) is 9.95. The second-order valence-corrected chi connectivity index (χ2v) is 7.45. The Bertz CT molecular complexity index is 981. The number of nitrogens with two attached hydrogens (primary N) is 1. The average molecular weight is 396 g/mol. The number of aromatic nitrogens is 4. The molecule has 1 aliphatic heterocycles. The number of likely N-dealkylation sites (tertiary alicyclic amines) is 1. The first-order valence-electron chi connectivity index (χ1n) is 10.1. The van der Waals surface area contributed by atoms with Crippen molar-refractivity contribution in [1.29, 1.82) is 0 Å². The van der Waals surface area contributed by atoms with Gasteiger partial charge >= 0.3 is 6.01 Å². The van der Waals surface area contributed by atoms with Crippen LogP contribution in [0.5, 0.6) is 6.01 Å². The van der Waals surface area contributed by atoms with E-state index in [1.807, 2.05) is 6.92 Å². The minimum Gasteiger partial charge on any atom is -0.461 e. The standard InChI is InChI=1S/C21H28N6O2/c1-15-23-18-19(22)24-21(29-11-10-28-2)25-20(18)27(15)14-17-7-5-6-16(12-17)13-26-8-3-4-9-26/h5-7,12H,3-4,8-11,13-14H2,1-2H3,(H2,22,24,25). The van der Waals surface area contributed by atoms with E-state index in [-0.39, 0.29) is 6.01 Å². The van der Waals surface area contributed by atoms with Crippen LogP contribution in [0.2, 0.25) is 0 Å². The van der Waals surface area contributed by atoms with Crippen LogP contribution in [0.15, 0.2) is 24.3 Å². The van der Waals surface area contributed by atoms with Crippen molar-refractivity contribution in [2.75, 3.05) is 39.1 Å². The monoisotopic (exact) mass is 396 g/mol. The predicted molar refractivity (Wildman–Crippen MR) is 112 cm³/mol. The number of ether oxygens (including phenoxy) is 2. The summed E-state index contributed by atoms with van der Waals surface area (Å²) in [5, 5.41) is 0. The molecule has 0 radical (unpaired) electrons. The van der Waals surface area contributed by atoms with Gasteiger partial charge in [0.15, 0.2) is 17.0 Å². The lowest BCUT2D eigenvalue weighted by molar-refractivity contribution is 0.141. The maximum atomic E-state index is 6.11. The zero-order chi connectivity index (χ0) is 20.2. The third-order valence-corrected chi connectivity index (χ3v) is 5.25. The predicted octanol–water partition coefficient (Wildman–Crippen LogP) is 2.39. The van der Waals surface area contributed by atoms with Crippen molar-refractivity contribution in [1.82, 2.24) is 24.4 Å². The third-order valence-electron chi connectivity index (χ3n) is 5.25. The first-order chi connectivity index (χ1) is 14.1. The van der Waals surface area contributed by atoms with E-state index in [1.54, 1.807) is 7.11 Å². The van der Waals surface area contributed by atoms with Gasteiger partial charge < -0.3 is 19.8 Å². The Hall–Kier alpha value is -2.71. The summed E-state index contributed by atoms with van der Waals surface area (Å²) in [7, 11) is 1.62. The number of hydrogen-bond donors (Lipinski definition) is 1. The molecule has 1 aromatic carbocycles. The molecule has 29 heavy (non-hydrogen) atoms. The lowest BCUT2D eigenvalue weighted by Crippen LogP contribution is -2.18. The van der Waals surface area contributed by atoms with Crippen molar-refractivity contribution in [3.05, 3.63) is 41.2 Å². The van der Waals surface area contributed by atoms with Crippen molar-refractivity contribution in [2.45, 2.75) is 32.9 Å². The summed E-state index contributed by atoms with van der Waals surface area (Å²) in [6.45, 7) is 6.85. The SMILES string of the molecule is COCCOc1nc(N)c2nc(C)n(Cc3cccc(CN4CCCC4)c3)c2n1. The number of nitrogens with zero attached hydrogens (tertiary/aromatic N) is 5. The molecule has 0 bridgehead atoms. The molecule has 0 atom stereocenters. The molecular weight excluding hydrogens is 368 g/mol. The fourth-order valence-corrected chi connectivity index (χ4v) is 3.79. The largest absolute Gasteiger partial charge is 0.461 e. The van der Waals surface area contributed by atoms with Gasteiger partial charge in [0.05, 0.1) is 13.2 Å². The number of fused-ring (bicyclic) bond motifs is 1. The molecule has 1 aliphatic rings. The van der Waals surface area contributed by atoms with Gasteiger partial charge in [-0.1, -0.05) is 24.3 Å². The van der Waals surface area contributed by atoms with E-state index < -0.39 is 0 Å². The quantitative estimate of drug-likeness (QED) is 0.585. The van der Waals surface area contributed by atoms with Crippen LogP contribution in [0, 0.1) is 6.92 Å². The first-order valence-corrected chi connectivity index (χ1v) is 10.1. The molecular formula is C21H28N6O2. The number of rotatable bonds is 8. The van der Waals surface area contributed by atoms with E-state index in [0.29, 0.717) is 36.7 Å². The molecule has 3 heterocycles. The maximum Gasteiger partial charge on any atom is 0.320 e. The van der Waals surface area contributed by atoms with E-state index in [0.717, 1.165) is 12.4 Å². The Morgan fingerprint density at radius 3 is 2.55 bits per heavy atom. The molecule has 1 fully saturated rings. The van der Waals surface area contributed by atoms with Crippen LogP contribution >= 0.6 is 0 Å². The first kappa shape index (κ1) is 19.6. The van der Waals surface area contributed by atoms with Gasteiger partial charge in [-0.15, -0.1) is 0 Å². The average Bonchev–Trinajstić information content (AvgIpc) is 3.32. The van der Waals surface area contributed by atoms with Gasteiger partial charge in [0.1, 0.15) is 12.4 Å². The highest BCUT2D eigenvalue weighted by molar-refractivity contribution is 5.82. The minimum absolute atomic E-state index is 0.246. The molecule has 0 unspecified atom stereocenters. The van der Waals surface area contributed by atoms with Crippen LogP contribution < -0.4 is 10.5 Å². The highest BCUT2D eigenvalue weighted by atomic mass is 16.5. The molecule has 8 heteroatoms. The zero-order valence-electron chi connectivity index (χ0n) is 17.1. The molecule has 0 saturated carbocycles. The van der Waals surface area contributed by atoms with Crippen LogP contribution in [0.4, 0.5) is 5.82 Å². The Labute approximate surface area is 170 Å². The Morgan fingerprint density at radius 2 is 1.79 bits per heavy atom. The van der Waals surface area contributed by atoms with Gasteiger partial charge in [-0.2, -0.15) is 9.97 Å². The van der Waals surface area contributed by atoms with Crippen molar-refractivity contribution in [2.24, 2.45) is 0 Å². The summed E-state index contributed by atoms with van der Waals surface area (Å²) in [6.07, 6.45) is 2.60. The molecule has 0 aliphatic carbocycles. The third kappa shape index (κ3) is 4.49. The number of nitrogen functional groups attached to an aromatic ring is 1. The topological polar surface area (TPSA) is 91.3 Å². The number of benzene rings is 1. The number of methoxy groups -OCH3 is 1. The van der Waals surface area contributed by atoms with Crippen LogP contribution in [-0.4, -0.2) is 57.8 Å². The number of imidazole rings is 1. The summed E-state index contributed by atoms with van der Waals surface area (Å²) >= 11 is 0. The smallest absolute Gasteiger partial charge is 0.320 e. The number of anilines is 1. The second-order valence-electron chi connectivity index (χ2n) is 7.45. The van der Waals surface area contributed by atoms with Crippen LogP contribution in [-0.2, 0) is 17.8 Å². The Morgan fingerprint density at radius 1 is 1.03 bits per heavy atom. The highest BCUT2D eigenvalue weighted by Crippen LogP contribution is 2.23. The summed E-state index contributed by atoms with van der Waals surface area (Å²) < 4.78 is 12.6. The van der Waals surface area contributed by atoms with E-state index in [9.17, 15) is 0 Å². The zero-order valence-corrected chi connectivity index (χ0v) is 17.1. The molecule has 8 nitrogen and oxygen atoms in total. The fourth-order valence-electron chi connectivity index (χ4n) is 3.79. The number of aryl methyl sites for hydroxylation is 1. The van der Waals surface area contributed by atoms with Crippen molar-refractivity contribution >= 4 is 17.0 Å². The van der Waals surface area contributed by atoms with Gasteiger partial charge in [-0.3, -0.25) is 4.90 Å². The van der Waals surface area contributed by atoms with E-state index >= 15 is 0 Å². The molecule has 3 aromatic rings. The van der Waals surface area contributed by atoms with Crippen LogP contribution in [0.1, 0.15) is 29.8 Å². The van der Waals surface area contributed by atoms with Crippen molar-refractivity contribution in [3.63, 3.8) is 0 Å². The molecule has 0 amide bonds. The minimum atomic E-state index is 0.246.